The second-order valence-corrected chi connectivity index (χ2v) is 6.42. The summed E-state index contributed by atoms with van der Waals surface area (Å²) in [4.78, 5) is 20.3. The second kappa shape index (κ2) is 6.09. The van der Waals surface area contributed by atoms with E-state index in [4.69, 9.17) is 4.42 Å². The normalized spacial score (nSPS) is 11.2. The van der Waals surface area contributed by atoms with Crippen molar-refractivity contribution < 1.29 is 4.42 Å². The lowest BCUT2D eigenvalue weighted by molar-refractivity contribution is 0.540. The maximum absolute atomic E-state index is 5.84. The van der Waals surface area contributed by atoms with Gasteiger partial charge >= 0.3 is 0 Å². The molecule has 1 N–H and O–H groups in total. The number of hydrogen-bond donors (Lipinski definition) is 1. The molecule has 0 aliphatic carbocycles. The van der Waals surface area contributed by atoms with Gasteiger partial charge in [-0.3, -0.25) is 0 Å². The van der Waals surface area contributed by atoms with Crippen LogP contribution in [0.3, 0.4) is 0 Å². The van der Waals surface area contributed by atoms with Gasteiger partial charge in [0.1, 0.15) is 22.6 Å². The number of nitrogens with one attached hydrogen (secondary N) is 1. The lowest BCUT2D eigenvalue weighted by Gasteiger charge is -1.99. The molecular weight excluding hydrogens is 322 g/mol. The van der Waals surface area contributed by atoms with E-state index in [1.807, 2.05) is 19.1 Å². The van der Waals surface area contributed by atoms with Gasteiger partial charge in [0.2, 0.25) is 5.89 Å². The smallest absolute Gasteiger partial charge is 0.226 e. The van der Waals surface area contributed by atoms with Gasteiger partial charge in [0.25, 0.3) is 0 Å². The van der Waals surface area contributed by atoms with Crippen molar-refractivity contribution in [1.82, 2.24) is 24.9 Å². The maximum atomic E-state index is 5.84. The summed E-state index contributed by atoms with van der Waals surface area (Å²) in [6.45, 7) is 3.99. The zero-order valence-electron chi connectivity index (χ0n) is 13.3. The summed E-state index contributed by atoms with van der Waals surface area (Å²) in [6, 6.07) is 8.14. The number of thioether (sulfide) groups is 1. The number of imidazole rings is 1. The molecule has 24 heavy (non-hydrogen) atoms. The zero-order valence-corrected chi connectivity index (χ0v) is 14.1. The van der Waals surface area contributed by atoms with Crippen molar-refractivity contribution in [2.24, 2.45) is 0 Å². The van der Waals surface area contributed by atoms with E-state index >= 15 is 0 Å². The van der Waals surface area contributed by atoms with E-state index in [1.54, 1.807) is 18.1 Å². The molecule has 0 bridgehead atoms. The Morgan fingerprint density at radius 1 is 1.17 bits per heavy atom. The average Bonchev–Trinajstić information content (AvgIpc) is 3.20. The van der Waals surface area contributed by atoms with Crippen molar-refractivity contribution in [3.8, 4) is 11.5 Å². The summed E-state index contributed by atoms with van der Waals surface area (Å²) in [5.74, 6) is 2.15. The van der Waals surface area contributed by atoms with Gasteiger partial charge in [-0.05, 0) is 26.0 Å². The zero-order chi connectivity index (χ0) is 16.5. The van der Waals surface area contributed by atoms with Gasteiger partial charge < -0.3 is 9.40 Å². The van der Waals surface area contributed by atoms with Crippen molar-refractivity contribution in [3.05, 3.63) is 53.9 Å². The Kier molecular flexibility index (Phi) is 3.78. The van der Waals surface area contributed by atoms with E-state index in [1.165, 1.54) is 11.9 Å². The van der Waals surface area contributed by atoms with E-state index in [-0.39, 0.29) is 0 Å². The highest BCUT2D eigenvalue weighted by molar-refractivity contribution is 7.98. The van der Waals surface area contributed by atoms with Gasteiger partial charge in [-0.25, -0.2) is 19.9 Å². The lowest BCUT2D eigenvalue weighted by Crippen LogP contribution is -1.89. The molecule has 0 aliphatic rings. The number of nitrogens with zero attached hydrogens (tertiary/aromatic N) is 4. The van der Waals surface area contributed by atoms with Crippen LogP contribution in [0.4, 0.5) is 0 Å². The standard InChI is InChI=1S/C17H15N5OS/c1-10-4-3-5-12(6-10)16-22-13(11(2)23-16)7-24-17-14-15(19-8-18-14)20-9-21-17/h3-6,8-9H,7H2,1-2H3,(H,18,19,20,21). The fourth-order valence-electron chi connectivity index (χ4n) is 2.45. The summed E-state index contributed by atoms with van der Waals surface area (Å²) >= 11 is 1.59. The Bertz CT molecular complexity index is 1010. The molecule has 3 heterocycles. The number of benzene rings is 1. The first-order chi connectivity index (χ1) is 11.7. The Labute approximate surface area is 142 Å². The first kappa shape index (κ1) is 14.9. The Balaban J connectivity index is 1.58. The van der Waals surface area contributed by atoms with Crippen molar-refractivity contribution in [2.45, 2.75) is 24.6 Å². The SMILES string of the molecule is Cc1cccc(-c2nc(CSc3ncnc4nc[nH]c34)c(C)o2)c1. The first-order valence-electron chi connectivity index (χ1n) is 7.51. The number of hydrogen-bond acceptors (Lipinski definition) is 6. The van der Waals surface area contributed by atoms with Crippen LogP contribution in [0.2, 0.25) is 0 Å². The summed E-state index contributed by atoms with van der Waals surface area (Å²) in [7, 11) is 0. The summed E-state index contributed by atoms with van der Waals surface area (Å²) in [6.07, 6.45) is 3.15. The van der Waals surface area contributed by atoms with Crippen LogP contribution in [0.15, 0.2) is 46.4 Å². The van der Waals surface area contributed by atoms with Crippen LogP contribution in [-0.2, 0) is 5.75 Å². The van der Waals surface area contributed by atoms with Gasteiger partial charge in [0.05, 0.1) is 12.0 Å². The van der Waals surface area contributed by atoms with Crippen LogP contribution in [0.25, 0.3) is 22.6 Å². The van der Waals surface area contributed by atoms with E-state index in [9.17, 15) is 0 Å². The first-order valence-corrected chi connectivity index (χ1v) is 8.49. The van der Waals surface area contributed by atoms with Crippen molar-refractivity contribution in [2.75, 3.05) is 0 Å². The third-order valence-corrected chi connectivity index (χ3v) is 4.69. The van der Waals surface area contributed by atoms with E-state index in [0.29, 0.717) is 17.3 Å². The molecule has 0 aliphatic heterocycles. The number of aryl methyl sites for hydroxylation is 2. The molecular formula is C17H15N5OS. The molecule has 1 aromatic carbocycles. The largest absolute Gasteiger partial charge is 0.441 e. The minimum absolute atomic E-state index is 0.654. The van der Waals surface area contributed by atoms with Crippen LogP contribution in [0.5, 0.6) is 0 Å². The molecule has 0 saturated carbocycles. The fourth-order valence-corrected chi connectivity index (χ4v) is 3.41. The van der Waals surface area contributed by atoms with Crippen molar-refractivity contribution in [3.63, 3.8) is 0 Å². The molecule has 0 saturated heterocycles. The molecule has 0 amide bonds. The number of fused-ring (bicyclic) bond motifs is 1. The van der Waals surface area contributed by atoms with Crippen LogP contribution in [0, 0.1) is 13.8 Å². The van der Waals surface area contributed by atoms with Gasteiger partial charge in [-0.1, -0.05) is 29.5 Å². The third kappa shape index (κ3) is 2.78. The maximum Gasteiger partial charge on any atom is 0.226 e. The predicted molar refractivity (Wildman–Crippen MR) is 92.7 cm³/mol. The Morgan fingerprint density at radius 2 is 2.08 bits per heavy atom. The molecule has 6 nitrogen and oxygen atoms in total. The molecule has 0 fully saturated rings. The number of aromatic amines is 1. The van der Waals surface area contributed by atoms with Gasteiger partial charge in [-0.15, -0.1) is 0 Å². The molecule has 4 aromatic rings. The lowest BCUT2D eigenvalue weighted by atomic mass is 10.1. The fraction of sp³-hybridized carbons (Fsp3) is 0.176. The van der Waals surface area contributed by atoms with Gasteiger partial charge in [0, 0.05) is 11.3 Å². The number of rotatable bonds is 4. The van der Waals surface area contributed by atoms with Crippen LogP contribution in [-0.4, -0.2) is 24.9 Å². The van der Waals surface area contributed by atoms with E-state index in [2.05, 4.69) is 44.0 Å². The minimum Gasteiger partial charge on any atom is -0.441 e. The Hall–Kier alpha value is -2.67. The number of oxazole rings is 1. The molecule has 7 heteroatoms. The third-order valence-electron chi connectivity index (χ3n) is 3.69. The highest BCUT2D eigenvalue weighted by Gasteiger charge is 2.13. The number of H-pyrrole nitrogens is 1. The van der Waals surface area contributed by atoms with E-state index in [0.717, 1.165) is 27.6 Å². The molecule has 0 radical (unpaired) electrons. The van der Waals surface area contributed by atoms with Crippen molar-refractivity contribution in [1.29, 1.82) is 0 Å². The van der Waals surface area contributed by atoms with Crippen molar-refractivity contribution >= 4 is 22.9 Å². The van der Waals surface area contributed by atoms with Crippen LogP contribution in [0.1, 0.15) is 17.0 Å². The van der Waals surface area contributed by atoms with Gasteiger partial charge in [-0.2, -0.15) is 0 Å². The average molecular weight is 337 g/mol. The quantitative estimate of drug-likeness (QED) is 0.449. The van der Waals surface area contributed by atoms with E-state index < -0.39 is 0 Å². The van der Waals surface area contributed by atoms with Crippen LogP contribution >= 0.6 is 11.8 Å². The predicted octanol–water partition coefficient (Wildman–Crippen LogP) is 3.92. The monoisotopic (exact) mass is 337 g/mol. The molecule has 0 spiro atoms. The van der Waals surface area contributed by atoms with Crippen LogP contribution < -0.4 is 0 Å². The molecule has 0 atom stereocenters. The summed E-state index contributed by atoms with van der Waals surface area (Å²) in [5.41, 5.74) is 4.62. The highest BCUT2D eigenvalue weighted by Crippen LogP contribution is 2.29. The highest BCUT2D eigenvalue weighted by atomic mass is 32.2. The summed E-state index contributed by atoms with van der Waals surface area (Å²) < 4.78 is 5.84. The topological polar surface area (TPSA) is 80.5 Å². The molecule has 3 aromatic heterocycles. The second-order valence-electron chi connectivity index (χ2n) is 5.46. The minimum atomic E-state index is 0.654. The summed E-state index contributed by atoms with van der Waals surface area (Å²) in [5, 5.41) is 0.858. The molecule has 0 unspecified atom stereocenters. The molecule has 4 rings (SSSR count). The Morgan fingerprint density at radius 3 is 2.96 bits per heavy atom. The number of aromatic nitrogens is 5. The molecule has 120 valence electrons. The van der Waals surface area contributed by atoms with Gasteiger partial charge in [0.15, 0.2) is 5.65 Å².